The van der Waals surface area contributed by atoms with Crippen LogP contribution in [0.4, 0.5) is 18.9 Å². The molecule has 12 heteroatoms. The zero-order valence-electron chi connectivity index (χ0n) is 23.6. The van der Waals surface area contributed by atoms with Crippen LogP contribution in [-0.2, 0) is 4.79 Å². The average molecular weight is 624 g/mol. The predicted octanol–water partition coefficient (Wildman–Crippen LogP) is 7.91. The second-order valence-corrected chi connectivity index (χ2v) is 11.7. The predicted molar refractivity (Wildman–Crippen MR) is 167 cm³/mol. The van der Waals surface area contributed by atoms with Gasteiger partial charge in [-0.2, -0.15) is 0 Å². The third-order valence-electron chi connectivity index (χ3n) is 6.83. The largest absolute Gasteiger partial charge is 0.573 e. The second kappa shape index (κ2) is 12.7. The van der Waals surface area contributed by atoms with Crippen molar-refractivity contribution in [3.8, 4) is 22.8 Å². The van der Waals surface area contributed by atoms with Crippen LogP contribution in [0.15, 0.2) is 84.1 Å². The van der Waals surface area contributed by atoms with E-state index in [0.29, 0.717) is 33.8 Å². The number of halogens is 3. The Balaban J connectivity index is 1.24. The van der Waals surface area contributed by atoms with Gasteiger partial charge in [0.25, 0.3) is 0 Å². The Morgan fingerprint density at radius 1 is 1.05 bits per heavy atom. The van der Waals surface area contributed by atoms with Crippen LogP contribution >= 0.6 is 24.0 Å². The first-order valence-electron chi connectivity index (χ1n) is 13.5. The van der Waals surface area contributed by atoms with Gasteiger partial charge in [0.1, 0.15) is 17.1 Å². The van der Waals surface area contributed by atoms with Crippen LogP contribution in [0.25, 0.3) is 17.1 Å². The molecule has 4 aromatic rings. The number of carbonyl (C=O) groups is 1. The minimum absolute atomic E-state index is 0.00757. The summed E-state index contributed by atoms with van der Waals surface area (Å²) in [6.45, 7) is 6.27. The maximum Gasteiger partial charge on any atom is 0.573 e. The molecule has 1 aliphatic heterocycles. The lowest BCUT2D eigenvalue weighted by Gasteiger charge is -2.21. The quantitative estimate of drug-likeness (QED) is 0.186. The third-order valence-corrected chi connectivity index (χ3v) is 8.01. The minimum Gasteiger partial charge on any atom is -0.406 e. The van der Waals surface area contributed by atoms with Gasteiger partial charge in [0.2, 0.25) is 5.91 Å². The summed E-state index contributed by atoms with van der Waals surface area (Å²) in [5, 5.41) is 5.07. The van der Waals surface area contributed by atoms with Crippen LogP contribution in [0, 0.1) is 0 Å². The molecule has 1 fully saturated rings. The highest BCUT2D eigenvalue weighted by molar-refractivity contribution is 8.15. The number of benzene rings is 3. The number of amidine groups is 1. The van der Waals surface area contributed by atoms with E-state index in [1.54, 1.807) is 4.90 Å². The van der Waals surface area contributed by atoms with Crippen molar-refractivity contribution in [1.82, 2.24) is 14.8 Å². The van der Waals surface area contributed by atoms with E-state index >= 15 is 0 Å². The number of para-hydroxylation sites is 1. The molecule has 1 saturated heterocycles. The van der Waals surface area contributed by atoms with E-state index in [-0.39, 0.29) is 23.5 Å². The zero-order valence-corrected chi connectivity index (χ0v) is 25.2. The van der Waals surface area contributed by atoms with Crippen LogP contribution in [-0.4, -0.2) is 42.9 Å². The van der Waals surface area contributed by atoms with Crippen molar-refractivity contribution in [1.29, 1.82) is 0 Å². The van der Waals surface area contributed by atoms with Gasteiger partial charge in [-0.05, 0) is 53.3 Å². The monoisotopic (exact) mass is 623 g/mol. The van der Waals surface area contributed by atoms with Crippen molar-refractivity contribution in [2.75, 3.05) is 10.7 Å². The van der Waals surface area contributed by atoms with Crippen LogP contribution in [0.3, 0.4) is 0 Å². The number of aliphatic imine (C=N–C) groups is 1. The van der Waals surface area contributed by atoms with Gasteiger partial charge >= 0.3 is 6.36 Å². The Morgan fingerprint density at radius 3 is 2.42 bits per heavy atom. The molecule has 0 bridgehead atoms. The van der Waals surface area contributed by atoms with Crippen molar-refractivity contribution in [2.45, 2.75) is 45.4 Å². The molecule has 222 valence electrons. The van der Waals surface area contributed by atoms with Crippen molar-refractivity contribution >= 4 is 45.7 Å². The number of ether oxygens (including phenoxy) is 1. The highest BCUT2D eigenvalue weighted by Gasteiger charge is 2.32. The van der Waals surface area contributed by atoms with Gasteiger partial charge in [-0.15, -0.1) is 18.3 Å². The first kappa shape index (κ1) is 30.4. The smallest absolute Gasteiger partial charge is 0.406 e. The lowest BCUT2D eigenvalue weighted by atomic mass is 9.96. The molecular weight excluding hydrogens is 596 g/mol. The first-order valence-corrected chi connectivity index (χ1v) is 14.9. The summed E-state index contributed by atoms with van der Waals surface area (Å²) in [5.41, 5.74) is 4.32. The summed E-state index contributed by atoms with van der Waals surface area (Å²) >= 11 is 7.05. The number of thiocarbonyl (C=S) groups is 1. The van der Waals surface area contributed by atoms with Gasteiger partial charge in [-0.3, -0.25) is 9.69 Å². The van der Waals surface area contributed by atoms with E-state index in [9.17, 15) is 18.0 Å². The molecule has 7 nitrogen and oxygen atoms in total. The molecule has 1 aliphatic rings. The van der Waals surface area contributed by atoms with Crippen LogP contribution < -0.4 is 9.64 Å². The number of hydrogen-bond acceptors (Lipinski definition) is 6. The van der Waals surface area contributed by atoms with Crippen LogP contribution in [0.5, 0.6) is 5.75 Å². The molecule has 0 N–H and O–H groups in total. The Labute approximate surface area is 256 Å². The van der Waals surface area contributed by atoms with Crippen molar-refractivity contribution < 1.29 is 22.7 Å². The van der Waals surface area contributed by atoms with Gasteiger partial charge in [0, 0.05) is 12.0 Å². The maximum absolute atomic E-state index is 12.8. The molecule has 1 unspecified atom stereocenters. The number of carbonyl (C=O) groups excluding carboxylic acids is 1. The molecule has 1 atom stereocenters. The Kier molecular flexibility index (Phi) is 8.97. The molecule has 43 heavy (non-hydrogen) atoms. The van der Waals surface area contributed by atoms with Crippen molar-refractivity contribution in [2.24, 2.45) is 4.99 Å². The zero-order chi connectivity index (χ0) is 30.7. The molecule has 1 amide bonds. The number of alkyl halides is 3. The van der Waals surface area contributed by atoms with Gasteiger partial charge in [0.05, 0.1) is 17.1 Å². The fraction of sp³-hybridized carbons (Fsp3) is 0.258. The maximum atomic E-state index is 12.8. The van der Waals surface area contributed by atoms with E-state index in [0.717, 1.165) is 22.4 Å². The third kappa shape index (κ3) is 7.31. The summed E-state index contributed by atoms with van der Waals surface area (Å²) < 4.78 is 42.7. The summed E-state index contributed by atoms with van der Waals surface area (Å²) in [6.07, 6.45) is -2.72. The summed E-state index contributed by atoms with van der Waals surface area (Å²) in [5.74, 6) is 0.812. The fourth-order valence-corrected chi connectivity index (χ4v) is 5.95. The number of thioether (sulfide) groups is 1. The molecule has 3 aromatic carbocycles. The standard InChI is InChI=1S/C31H28F3N5O2S2/c1-19(2)25-6-4-5-7-26(25)39-28(40)17-43-30(39)36-27(42)16-20(3)21-8-10-22(11-9-21)29-35-18-38(37-29)23-12-14-24(15-13-23)41-31(32,33)34/h4-15,18-20H,16-17H2,1-3H3. The van der Waals surface area contributed by atoms with Crippen LogP contribution in [0.2, 0.25) is 0 Å². The Hall–Kier alpha value is -4.03. The van der Waals surface area contributed by atoms with E-state index in [1.807, 2.05) is 48.5 Å². The van der Waals surface area contributed by atoms with E-state index < -0.39 is 6.36 Å². The van der Waals surface area contributed by atoms with E-state index in [1.165, 1.54) is 47.0 Å². The SMILES string of the molecule is CC(C)c1ccccc1N1C(=O)CSC1=NC(=S)CC(C)c1ccc(-c2ncn(-c3ccc(OC(F)(F)F)cc3)n2)cc1. The normalized spacial score (nSPS) is 15.4. The molecule has 0 saturated carbocycles. The van der Waals surface area contributed by atoms with Crippen LogP contribution in [0.1, 0.15) is 50.2 Å². The number of nitrogens with zero attached hydrogens (tertiary/aromatic N) is 5. The molecule has 0 aliphatic carbocycles. The van der Waals surface area contributed by atoms with Crippen molar-refractivity contribution in [3.05, 3.63) is 90.3 Å². The van der Waals surface area contributed by atoms with Crippen molar-refractivity contribution in [3.63, 3.8) is 0 Å². The Bertz CT molecular complexity index is 1650. The molecular formula is C31H28F3N5O2S2. The van der Waals surface area contributed by atoms with E-state index in [2.05, 4.69) is 35.6 Å². The van der Waals surface area contributed by atoms with Gasteiger partial charge < -0.3 is 4.74 Å². The number of hydrogen-bond donors (Lipinski definition) is 0. The fourth-order valence-electron chi connectivity index (χ4n) is 4.67. The molecule has 0 radical (unpaired) electrons. The average Bonchev–Trinajstić information content (AvgIpc) is 3.59. The lowest BCUT2D eigenvalue weighted by Crippen LogP contribution is -2.30. The number of anilines is 1. The summed E-state index contributed by atoms with van der Waals surface area (Å²) in [7, 11) is 0. The Morgan fingerprint density at radius 2 is 1.74 bits per heavy atom. The highest BCUT2D eigenvalue weighted by Crippen LogP contribution is 2.34. The minimum atomic E-state index is -4.75. The van der Waals surface area contributed by atoms with Gasteiger partial charge in [-0.1, -0.05) is 87.2 Å². The molecule has 2 heterocycles. The molecule has 0 spiro atoms. The summed E-state index contributed by atoms with van der Waals surface area (Å²) in [6, 6.07) is 21.1. The molecule has 5 rings (SSSR count). The number of rotatable bonds is 8. The first-order chi connectivity index (χ1) is 20.5. The van der Waals surface area contributed by atoms with Gasteiger partial charge in [0.15, 0.2) is 11.0 Å². The lowest BCUT2D eigenvalue weighted by molar-refractivity contribution is -0.274. The summed E-state index contributed by atoms with van der Waals surface area (Å²) in [4.78, 5) is 24.1. The number of amides is 1. The van der Waals surface area contributed by atoms with E-state index in [4.69, 9.17) is 17.2 Å². The second-order valence-electron chi connectivity index (χ2n) is 10.3. The van der Waals surface area contributed by atoms with Gasteiger partial charge in [-0.25, -0.2) is 14.7 Å². The molecule has 1 aromatic heterocycles. The topological polar surface area (TPSA) is 72.6 Å². The number of aromatic nitrogens is 3. The highest BCUT2D eigenvalue weighted by atomic mass is 32.2.